The lowest BCUT2D eigenvalue weighted by molar-refractivity contribution is -0.155. The van der Waals surface area contributed by atoms with Crippen LogP contribution in [0.5, 0.6) is 0 Å². The fourth-order valence-corrected chi connectivity index (χ4v) is 3.74. The first kappa shape index (κ1) is 21.6. The average molecular weight is 409 g/mol. The normalized spacial score (nSPS) is 13.7. The van der Waals surface area contributed by atoms with Crippen LogP contribution >= 0.6 is 0 Å². The minimum atomic E-state index is -0.935. The molecule has 0 unspecified atom stereocenters. The molecule has 0 heterocycles. The number of rotatable bonds is 6. The first-order valence-corrected chi connectivity index (χ1v) is 9.99. The summed E-state index contributed by atoms with van der Waals surface area (Å²) < 4.78 is 10.1. The van der Waals surface area contributed by atoms with E-state index < -0.39 is 29.5 Å². The highest BCUT2D eigenvalue weighted by atomic mass is 16.6. The van der Waals surface area contributed by atoms with E-state index >= 15 is 0 Å². The van der Waals surface area contributed by atoms with Gasteiger partial charge in [-0.15, -0.1) is 0 Å². The molecule has 1 N–H and O–H groups in total. The number of esters is 2. The Balaban J connectivity index is 1.78. The van der Waals surface area contributed by atoms with Crippen molar-refractivity contribution in [1.29, 1.82) is 0 Å². The summed E-state index contributed by atoms with van der Waals surface area (Å²) in [4.78, 5) is 37.6. The third-order valence-electron chi connectivity index (χ3n) is 4.96. The molecule has 30 heavy (non-hydrogen) atoms. The number of benzene rings is 2. The molecule has 158 valence electrons. The maximum Gasteiger partial charge on any atom is 0.328 e. The predicted molar refractivity (Wildman–Crippen MR) is 113 cm³/mol. The molecular weight excluding hydrogens is 382 g/mol. The highest BCUT2D eigenvalue weighted by Crippen LogP contribution is 2.44. The minimum Gasteiger partial charge on any atom is -0.467 e. The summed E-state index contributed by atoms with van der Waals surface area (Å²) in [5.74, 6) is -1.84. The van der Waals surface area contributed by atoms with Crippen molar-refractivity contribution in [3.8, 4) is 11.1 Å². The van der Waals surface area contributed by atoms with Gasteiger partial charge in [-0.05, 0) is 49.4 Å². The van der Waals surface area contributed by atoms with E-state index in [9.17, 15) is 14.4 Å². The molecule has 1 aliphatic rings. The van der Waals surface area contributed by atoms with Crippen molar-refractivity contribution < 1.29 is 23.9 Å². The van der Waals surface area contributed by atoms with Crippen molar-refractivity contribution in [1.82, 2.24) is 5.32 Å². The van der Waals surface area contributed by atoms with E-state index in [0.717, 1.165) is 22.3 Å². The Morgan fingerprint density at radius 3 is 2.00 bits per heavy atom. The Hall–Kier alpha value is -3.15. The summed E-state index contributed by atoms with van der Waals surface area (Å²) in [7, 11) is 1.26. The van der Waals surface area contributed by atoms with Gasteiger partial charge in [0.15, 0.2) is 0 Å². The van der Waals surface area contributed by atoms with E-state index in [-0.39, 0.29) is 18.7 Å². The number of ether oxygens (including phenoxy) is 2. The zero-order valence-electron chi connectivity index (χ0n) is 17.7. The zero-order valence-corrected chi connectivity index (χ0v) is 17.7. The Kier molecular flexibility index (Phi) is 6.25. The maximum absolute atomic E-state index is 13.2. The average Bonchev–Trinajstić information content (AvgIpc) is 3.03. The summed E-state index contributed by atoms with van der Waals surface area (Å²) >= 11 is 0. The SMILES string of the molecule is COC(=O)[C@@H](CCC(=O)OC(C)(C)C)NC(=O)C1c2ccccc2-c2ccccc21. The van der Waals surface area contributed by atoms with Gasteiger partial charge in [-0.25, -0.2) is 4.79 Å². The molecule has 0 radical (unpaired) electrons. The van der Waals surface area contributed by atoms with Crippen molar-refractivity contribution in [3.63, 3.8) is 0 Å². The van der Waals surface area contributed by atoms with Crippen molar-refractivity contribution in [2.45, 2.75) is 51.2 Å². The lowest BCUT2D eigenvalue weighted by atomic mass is 9.95. The Morgan fingerprint density at radius 2 is 1.50 bits per heavy atom. The number of carbonyl (C=O) groups is 3. The van der Waals surface area contributed by atoms with E-state index in [1.807, 2.05) is 48.5 Å². The largest absolute Gasteiger partial charge is 0.467 e. The summed E-state index contributed by atoms with van der Waals surface area (Å²) in [5, 5.41) is 2.79. The Labute approximate surface area is 176 Å². The van der Waals surface area contributed by atoms with Gasteiger partial charge in [0, 0.05) is 6.42 Å². The number of methoxy groups -OCH3 is 1. The summed E-state index contributed by atoms with van der Waals surface area (Å²) in [5.41, 5.74) is 3.20. The van der Waals surface area contributed by atoms with Gasteiger partial charge in [0.1, 0.15) is 11.6 Å². The molecule has 2 aromatic carbocycles. The predicted octanol–water partition coefficient (Wildman–Crippen LogP) is 3.58. The van der Waals surface area contributed by atoms with Crippen molar-refractivity contribution in [2.75, 3.05) is 7.11 Å². The fraction of sp³-hybridized carbons (Fsp3) is 0.375. The molecule has 0 spiro atoms. The quantitative estimate of drug-likeness (QED) is 0.738. The third-order valence-corrected chi connectivity index (χ3v) is 4.96. The molecule has 3 rings (SSSR count). The van der Waals surface area contributed by atoms with Crippen LogP contribution in [0.2, 0.25) is 0 Å². The van der Waals surface area contributed by atoms with Crippen LogP contribution in [0.25, 0.3) is 11.1 Å². The molecular formula is C24H27NO5. The Bertz CT molecular complexity index is 915. The first-order valence-electron chi connectivity index (χ1n) is 9.99. The van der Waals surface area contributed by atoms with Crippen LogP contribution in [-0.2, 0) is 23.9 Å². The van der Waals surface area contributed by atoms with E-state index in [1.165, 1.54) is 7.11 Å². The summed E-state index contributed by atoms with van der Waals surface area (Å²) in [6.45, 7) is 5.33. The summed E-state index contributed by atoms with van der Waals surface area (Å²) in [6, 6.07) is 14.6. The van der Waals surface area contributed by atoms with Gasteiger partial charge in [-0.1, -0.05) is 48.5 Å². The van der Waals surface area contributed by atoms with Gasteiger partial charge in [0.2, 0.25) is 5.91 Å². The highest BCUT2D eigenvalue weighted by molar-refractivity contribution is 5.97. The first-order chi connectivity index (χ1) is 14.2. The van der Waals surface area contributed by atoms with E-state index in [4.69, 9.17) is 9.47 Å². The third kappa shape index (κ3) is 4.70. The molecule has 1 aliphatic carbocycles. The standard InChI is InChI=1S/C24H27NO5/c1-24(2,3)30-20(26)14-13-19(23(28)29-4)25-22(27)21-17-11-7-5-9-15(17)16-10-6-8-12-18(16)21/h5-12,19,21H,13-14H2,1-4H3,(H,25,27)/t19-/m1/s1. The van der Waals surface area contributed by atoms with Crippen LogP contribution in [0.1, 0.15) is 50.7 Å². The monoisotopic (exact) mass is 409 g/mol. The zero-order chi connectivity index (χ0) is 21.9. The molecule has 1 amide bonds. The van der Waals surface area contributed by atoms with Gasteiger partial charge in [-0.3, -0.25) is 9.59 Å². The minimum absolute atomic E-state index is 0.00480. The van der Waals surface area contributed by atoms with Crippen molar-refractivity contribution in [3.05, 3.63) is 59.7 Å². The molecule has 0 bridgehead atoms. The number of hydrogen-bond donors (Lipinski definition) is 1. The molecule has 1 atom stereocenters. The molecule has 2 aromatic rings. The number of amides is 1. The smallest absolute Gasteiger partial charge is 0.328 e. The van der Waals surface area contributed by atoms with Crippen LogP contribution in [0.15, 0.2) is 48.5 Å². The van der Waals surface area contributed by atoms with Crippen molar-refractivity contribution in [2.24, 2.45) is 0 Å². The number of hydrogen-bond acceptors (Lipinski definition) is 5. The molecule has 0 aromatic heterocycles. The van der Waals surface area contributed by atoms with Gasteiger partial charge in [0.05, 0.1) is 13.0 Å². The van der Waals surface area contributed by atoms with Crippen LogP contribution in [0.4, 0.5) is 0 Å². The lowest BCUT2D eigenvalue weighted by Crippen LogP contribution is -2.44. The number of fused-ring (bicyclic) bond motifs is 3. The second-order valence-corrected chi connectivity index (χ2v) is 8.32. The van der Waals surface area contributed by atoms with Crippen LogP contribution in [0.3, 0.4) is 0 Å². The second-order valence-electron chi connectivity index (χ2n) is 8.32. The molecule has 6 nitrogen and oxygen atoms in total. The fourth-order valence-electron chi connectivity index (χ4n) is 3.74. The molecule has 6 heteroatoms. The van der Waals surface area contributed by atoms with Gasteiger partial charge in [0.25, 0.3) is 0 Å². The molecule has 0 aliphatic heterocycles. The maximum atomic E-state index is 13.2. The summed E-state index contributed by atoms with van der Waals surface area (Å²) in [6.07, 6.45) is 0.0957. The van der Waals surface area contributed by atoms with E-state index in [1.54, 1.807) is 20.8 Å². The molecule has 0 saturated carbocycles. The topological polar surface area (TPSA) is 81.7 Å². The van der Waals surface area contributed by atoms with Crippen LogP contribution in [-0.4, -0.2) is 36.6 Å². The van der Waals surface area contributed by atoms with Gasteiger partial charge < -0.3 is 14.8 Å². The molecule has 0 saturated heterocycles. The second kappa shape index (κ2) is 8.69. The van der Waals surface area contributed by atoms with Crippen molar-refractivity contribution >= 4 is 17.8 Å². The number of nitrogens with one attached hydrogen (secondary N) is 1. The van der Waals surface area contributed by atoms with E-state index in [0.29, 0.717) is 0 Å². The van der Waals surface area contributed by atoms with Crippen LogP contribution in [0, 0.1) is 0 Å². The Morgan fingerprint density at radius 1 is 0.967 bits per heavy atom. The molecule has 0 fully saturated rings. The van der Waals surface area contributed by atoms with Gasteiger partial charge in [-0.2, -0.15) is 0 Å². The van der Waals surface area contributed by atoms with E-state index in [2.05, 4.69) is 5.32 Å². The number of carbonyl (C=O) groups excluding carboxylic acids is 3. The highest BCUT2D eigenvalue weighted by Gasteiger charge is 2.35. The van der Waals surface area contributed by atoms with Crippen LogP contribution < -0.4 is 5.32 Å². The van der Waals surface area contributed by atoms with Gasteiger partial charge >= 0.3 is 11.9 Å². The lowest BCUT2D eigenvalue weighted by Gasteiger charge is -2.22.